The molecule has 0 aliphatic carbocycles. The van der Waals surface area contributed by atoms with E-state index in [0.29, 0.717) is 61.2 Å². The normalized spacial score (nSPS) is 19.7. The second-order valence-corrected chi connectivity index (χ2v) is 17.7. The fourth-order valence-corrected chi connectivity index (χ4v) is 9.98. The number of hydrogen-bond acceptors (Lipinski definition) is 12. The molecule has 18 heteroatoms. The first kappa shape index (κ1) is 45.5. The molecule has 2 N–H and O–H groups in total. The van der Waals surface area contributed by atoms with E-state index >= 15 is 0 Å². The number of nitriles is 1. The summed E-state index contributed by atoms with van der Waals surface area (Å²) in [6.45, 7) is 9.34. The van der Waals surface area contributed by atoms with E-state index < -0.39 is 41.1 Å². The van der Waals surface area contributed by atoms with Gasteiger partial charge in [-0.3, -0.25) is 29.0 Å². The largest absolute Gasteiger partial charge is 0.417 e. The molecule has 0 saturated carbocycles. The van der Waals surface area contributed by atoms with E-state index in [-0.39, 0.29) is 30.2 Å². The fraction of sp³-hybridized carbons (Fsp3) is 0.511. The van der Waals surface area contributed by atoms with Crippen LogP contribution in [0, 0.1) is 23.2 Å². The zero-order chi connectivity index (χ0) is 45.8. The lowest BCUT2D eigenvalue weighted by Gasteiger charge is -2.49. The lowest BCUT2D eigenvalue weighted by atomic mass is 9.92. The van der Waals surface area contributed by atoms with Crippen LogP contribution < -0.4 is 25.3 Å². The summed E-state index contributed by atoms with van der Waals surface area (Å²) < 4.78 is 40.5. The Labute approximate surface area is 376 Å². The highest BCUT2D eigenvalue weighted by Gasteiger charge is 2.43. The summed E-state index contributed by atoms with van der Waals surface area (Å²) >= 11 is 0. The Morgan fingerprint density at radius 3 is 2.12 bits per heavy atom. The van der Waals surface area contributed by atoms with Crippen molar-refractivity contribution in [3.05, 3.63) is 77.0 Å². The topological polar surface area (TPSA) is 166 Å². The number of carbonyl (C=O) groups is 5. The van der Waals surface area contributed by atoms with Crippen molar-refractivity contribution in [2.75, 3.05) is 99.1 Å². The molecular weight excluding hydrogens is 842 g/mol. The van der Waals surface area contributed by atoms with Crippen molar-refractivity contribution < 1.29 is 37.1 Å². The van der Waals surface area contributed by atoms with Crippen LogP contribution in [-0.2, 0) is 20.6 Å². The van der Waals surface area contributed by atoms with E-state index in [0.717, 1.165) is 101 Å². The van der Waals surface area contributed by atoms with Crippen molar-refractivity contribution in [1.82, 2.24) is 25.0 Å². The maximum absolute atomic E-state index is 13.5. The number of piperazine rings is 1. The Hall–Kier alpha value is -6.06. The molecule has 3 aromatic rings. The van der Waals surface area contributed by atoms with E-state index in [1.165, 1.54) is 19.2 Å². The van der Waals surface area contributed by atoms with Crippen LogP contribution in [-0.4, -0.2) is 141 Å². The number of alkyl halides is 3. The lowest BCUT2D eigenvalue weighted by Crippen LogP contribution is -2.63. The molecule has 1 aromatic heterocycles. The molecule has 4 amide bonds. The van der Waals surface area contributed by atoms with Gasteiger partial charge in [-0.2, -0.15) is 18.4 Å². The number of anilines is 4. The first-order valence-corrected chi connectivity index (χ1v) is 22.6. The Morgan fingerprint density at radius 2 is 1.48 bits per heavy atom. The molecule has 4 saturated heterocycles. The minimum atomic E-state index is -4.62. The van der Waals surface area contributed by atoms with E-state index in [2.05, 4.69) is 35.2 Å². The van der Waals surface area contributed by atoms with Crippen LogP contribution in [0.2, 0.25) is 0 Å². The van der Waals surface area contributed by atoms with Crippen LogP contribution in [0.5, 0.6) is 0 Å². The number of fused-ring (bicyclic) bond motifs is 1. The molecule has 5 aliphatic rings. The van der Waals surface area contributed by atoms with E-state index in [1.54, 1.807) is 24.4 Å². The van der Waals surface area contributed by atoms with Crippen LogP contribution in [0.4, 0.5) is 36.1 Å². The van der Waals surface area contributed by atoms with E-state index in [9.17, 15) is 37.1 Å². The summed E-state index contributed by atoms with van der Waals surface area (Å²) in [5.74, 6) is -0.806. The van der Waals surface area contributed by atoms with Gasteiger partial charge in [0, 0.05) is 102 Å². The first-order valence-electron chi connectivity index (χ1n) is 22.6. The number of piperidine rings is 2. The molecule has 0 bridgehead atoms. The van der Waals surface area contributed by atoms with E-state index in [1.807, 2.05) is 23.1 Å². The number of amides is 4. The van der Waals surface area contributed by atoms with Crippen molar-refractivity contribution in [2.45, 2.75) is 63.2 Å². The average molecular weight is 897 g/mol. The maximum Gasteiger partial charge on any atom is 0.417 e. The number of benzene rings is 2. The Balaban J connectivity index is 0.718. The number of aldehydes is 1. The number of imide groups is 1. The number of halogens is 3. The van der Waals surface area contributed by atoms with Crippen molar-refractivity contribution in [2.24, 2.45) is 11.8 Å². The smallest absolute Gasteiger partial charge is 0.371 e. The van der Waals surface area contributed by atoms with Gasteiger partial charge in [0.05, 0.1) is 40.2 Å². The highest BCUT2D eigenvalue weighted by molar-refractivity contribution is 6.23. The van der Waals surface area contributed by atoms with Crippen LogP contribution >= 0.6 is 0 Å². The molecule has 0 radical (unpaired) electrons. The number of rotatable bonds is 14. The highest BCUT2D eigenvalue weighted by atomic mass is 19.4. The molecule has 65 heavy (non-hydrogen) atoms. The minimum Gasteiger partial charge on any atom is -0.371 e. The van der Waals surface area contributed by atoms with E-state index in [4.69, 9.17) is 5.26 Å². The van der Waals surface area contributed by atoms with Crippen molar-refractivity contribution in [1.29, 1.82) is 5.26 Å². The van der Waals surface area contributed by atoms with Crippen LogP contribution in [0.15, 0.2) is 54.7 Å². The molecule has 1 unspecified atom stereocenters. The zero-order valence-corrected chi connectivity index (χ0v) is 36.6. The van der Waals surface area contributed by atoms with Crippen LogP contribution in [0.3, 0.4) is 0 Å². The van der Waals surface area contributed by atoms with Gasteiger partial charge < -0.3 is 35.0 Å². The number of nitrogens with zero attached hydrogens (tertiary/aromatic N) is 8. The van der Waals surface area contributed by atoms with Gasteiger partial charge in [0.15, 0.2) is 0 Å². The summed E-state index contributed by atoms with van der Waals surface area (Å²) in [6.07, 6.45) is 2.34. The third-order valence-electron chi connectivity index (χ3n) is 13.9. The third kappa shape index (κ3) is 9.96. The number of carbonyl (C=O) groups excluding carboxylic acids is 5. The number of pyridine rings is 1. The van der Waals surface area contributed by atoms with Crippen LogP contribution in [0.1, 0.15) is 76.8 Å². The zero-order valence-electron chi connectivity index (χ0n) is 36.6. The molecule has 4 fully saturated rings. The van der Waals surface area contributed by atoms with Gasteiger partial charge in [-0.25, -0.2) is 4.98 Å². The second-order valence-electron chi connectivity index (χ2n) is 17.7. The first-order chi connectivity index (χ1) is 31.3. The summed E-state index contributed by atoms with van der Waals surface area (Å²) in [6, 6.07) is 14.0. The molecule has 0 spiro atoms. The molecular formula is C47H55F3N10O5. The predicted octanol–water partition coefficient (Wildman–Crippen LogP) is 4.63. The number of hydrogen-bond donors (Lipinski definition) is 2. The molecule has 5 aliphatic heterocycles. The molecule has 2 aromatic carbocycles. The Kier molecular flexibility index (Phi) is 13.7. The monoisotopic (exact) mass is 896 g/mol. The van der Waals surface area contributed by atoms with Gasteiger partial charge in [0.2, 0.25) is 11.8 Å². The van der Waals surface area contributed by atoms with Gasteiger partial charge in [-0.15, -0.1) is 0 Å². The Morgan fingerprint density at radius 1 is 0.846 bits per heavy atom. The molecule has 344 valence electrons. The molecule has 15 nitrogen and oxygen atoms in total. The molecule has 6 heterocycles. The number of likely N-dealkylation sites (tertiary alicyclic amines) is 1. The predicted molar refractivity (Wildman–Crippen MR) is 238 cm³/mol. The van der Waals surface area contributed by atoms with Crippen molar-refractivity contribution >= 4 is 52.8 Å². The maximum atomic E-state index is 13.5. The van der Waals surface area contributed by atoms with Gasteiger partial charge in [0.25, 0.3) is 11.8 Å². The Bertz CT molecular complexity index is 2290. The third-order valence-corrected chi connectivity index (χ3v) is 13.9. The standard InChI is InChI=1S/C47H55F3N10O5/c1-52-44(63)41(3-2-24-61)60-45(64)38-8-6-34(25-39(38)46(60)65)58-20-22-59(23-21-58)37-29-55(30-37)15-10-31-11-16-57(17-12-31)36-7-9-42(53-28-36)54-43(62)32-13-18-56(19-14-32)35-5-4-33(27-51)40(26-35)47(48,49)50/h4-9,24-26,28,31-32,37,41H,2-3,10-23,29-30H2,1H3,(H,52,63)(H,53,54,62). The fourth-order valence-electron chi connectivity index (χ4n) is 9.98. The average Bonchev–Trinajstić information content (AvgIpc) is 3.56. The quantitative estimate of drug-likeness (QED) is 0.171. The van der Waals surface area contributed by atoms with Gasteiger partial charge in [0.1, 0.15) is 18.1 Å². The number of aromatic nitrogens is 1. The van der Waals surface area contributed by atoms with Gasteiger partial charge in [-0.1, -0.05) is 0 Å². The highest BCUT2D eigenvalue weighted by Crippen LogP contribution is 2.36. The van der Waals surface area contributed by atoms with Gasteiger partial charge >= 0.3 is 6.18 Å². The van der Waals surface area contributed by atoms with Crippen LogP contribution in [0.25, 0.3) is 0 Å². The molecule has 8 rings (SSSR count). The van der Waals surface area contributed by atoms with Crippen molar-refractivity contribution in [3.63, 3.8) is 0 Å². The minimum absolute atomic E-state index is 0.0607. The summed E-state index contributed by atoms with van der Waals surface area (Å²) in [5.41, 5.74) is 1.50. The second kappa shape index (κ2) is 19.6. The lowest BCUT2D eigenvalue weighted by molar-refractivity contribution is -0.137. The summed E-state index contributed by atoms with van der Waals surface area (Å²) in [5, 5.41) is 14.5. The van der Waals surface area contributed by atoms with Gasteiger partial charge in [-0.05, 0) is 99.5 Å². The number of nitrogens with one attached hydrogen (secondary N) is 2. The SMILES string of the molecule is CNC(=O)C(CCC=O)N1C(=O)c2ccc(N3CCN(C4CN(CCC5CCN(c6ccc(NC(=O)C7CCN(c8ccc(C#N)c(C(F)(F)F)c8)CC7)nc6)CC5)C4)CC3)cc2C1=O. The summed E-state index contributed by atoms with van der Waals surface area (Å²) in [7, 11) is 1.44. The van der Waals surface area contributed by atoms with Crippen molar-refractivity contribution in [3.8, 4) is 6.07 Å². The number of likely N-dealkylation sites (N-methyl/N-ethyl adjacent to an activating group) is 1. The molecule has 1 atom stereocenters. The summed E-state index contributed by atoms with van der Waals surface area (Å²) in [4.78, 5) is 80.3.